The van der Waals surface area contributed by atoms with E-state index in [1.54, 1.807) is 0 Å². The molecule has 1 aromatic rings. The van der Waals surface area contributed by atoms with Gasteiger partial charge >= 0.3 is 0 Å². The number of carbonyl (C=O) groups excluding carboxylic acids is 2. The minimum Gasteiger partial charge on any atom is -0.353 e. The summed E-state index contributed by atoms with van der Waals surface area (Å²) in [5.74, 6) is 0.155. The number of nitrogens with zero attached hydrogens (tertiary/aromatic N) is 1. The Labute approximate surface area is 132 Å². The van der Waals surface area contributed by atoms with Crippen molar-refractivity contribution in [2.45, 2.75) is 38.6 Å². The molecule has 1 aliphatic rings. The molecule has 0 spiro atoms. The standard InChI is InChI=1S/C17H25N3O2/c1-2-6-16(21)18-15-9-11-20(12-10-15)13-17(22)19-14-7-4-3-5-8-14/h3-5,7-8,15H,2,6,9-13H2,1H3,(H,18,21)(H,19,22). The lowest BCUT2D eigenvalue weighted by Crippen LogP contribution is -2.46. The van der Waals surface area contributed by atoms with Crippen molar-refractivity contribution in [1.82, 2.24) is 10.2 Å². The zero-order valence-electron chi connectivity index (χ0n) is 13.2. The van der Waals surface area contributed by atoms with Gasteiger partial charge in [-0.25, -0.2) is 0 Å². The lowest BCUT2D eigenvalue weighted by atomic mass is 10.0. The van der Waals surface area contributed by atoms with E-state index in [2.05, 4.69) is 15.5 Å². The molecule has 0 saturated carbocycles. The van der Waals surface area contributed by atoms with Crippen LogP contribution in [0, 0.1) is 0 Å². The van der Waals surface area contributed by atoms with Gasteiger partial charge in [0.05, 0.1) is 6.54 Å². The summed E-state index contributed by atoms with van der Waals surface area (Å²) < 4.78 is 0. The second kappa shape index (κ2) is 8.54. The summed E-state index contributed by atoms with van der Waals surface area (Å²) in [5, 5.41) is 5.97. The van der Waals surface area contributed by atoms with Crippen LogP contribution in [-0.2, 0) is 9.59 Å². The average Bonchev–Trinajstić information content (AvgIpc) is 2.50. The third-order valence-electron chi connectivity index (χ3n) is 3.85. The van der Waals surface area contributed by atoms with Crippen LogP contribution in [0.5, 0.6) is 0 Å². The molecule has 1 fully saturated rings. The van der Waals surface area contributed by atoms with Gasteiger partial charge in [0.15, 0.2) is 0 Å². The van der Waals surface area contributed by atoms with Gasteiger partial charge < -0.3 is 10.6 Å². The average molecular weight is 303 g/mol. The molecule has 0 aromatic heterocycles. The number of likely N-dealkylation sites (tertiary alicyclic amines) is 1. The molecular formula is C17H25N3O2. The van der Waals surface area contributed by atoms with Gasteiger partial charge in [-0.2, -0.15) is 0 Å². The monoisotopic (exact) mass is 303 g/mol. The Morgan fingerprint density at radius 2 is 1.82 bits per heavy atom. The molecule has 2 rings (SSSR count). The van der Waals surface area contributed by atoms with Gasteiger partial charge in [-0.05, 0) is 31.4 Å². The molecule has 5 heteroatoms. The summed E-state index contributed by atoms with van der Waals surface area (Å²) in [5.41, 5.74) is 0.828. The van der Waals surface area contributed by atoms with Crippen LogP contribution in [0.3, 0.4) is 0 Å². The van der Waals surface area contributed by atoms with E-state index in [9.17, 15) is 9.59 Å². The number of rotatable bonds is 6. The number of carbonyl (C=O) groups is 2. The van der Waals surface area contributed by atoms with Gasteiger partial charge in [0.1, 0.15) is 0 Å². The van der Waals surface area contributed by atoms with E-state index in [-0.39, 0.29) is 17.9 Å². The van der Waals surface area contributed by atoms with E-state index in [0.717, 1.165) is 38.0 Å². The summed E-state index contributed by atoms with van der Waals surface area (Å²) in [6, 6.07) is 9.75. The molecule has 2 N–H and O–H groups in total. The fourth-order valence-electron chi connectivity index (χ4n) is 2.69. The second-order valence-electron chi connectivity index (χ2n) is 5.78. The van der Waals surface area contributed by atoms with Crippen LogP contribution in [0.2, 0.25) is 0 Å². The highest BCUT2D eigenvalue weighted by molar-refractivity contribution is 5.92. The Morgan fingerprint density at radius 3 is 2.45 bits per heavy atom. The Hall–Kier alpha value is -1.88. The normalized spacial score (nSPS) is 16.2. The van der Waals surface area contributed by atoms with E-state index in [4.69, 9.17) is 0 Å². The van der Waals surface area contributed by atoms with Crippen molar-refractivity contribution in [1.29, 1.82) is 0 Å². The van der Waals surface area contributed by atoms with E-state index < -0.39 is 0 Å². The second-order valence-corrected chi connectivity index (χ2v) is 5.78. The first kappa shape index (κ1) is 16.5. The third-order valence-corrected chi connectivity index (χ3v) is 3.85. The van der Waals surface area contributed by atoms with Crippen LogP contribution in [0.1, 0.15) is 32.6 Å². The largest absolute Gasteiger partial charge is 0.353 e. The lowest BCUT2D eigenvalue weighted by Gasteiger charge is -2.31. The highest BCUT2D eigenvalue weighted by atomic mass is 16.2. The van der Waals surface area contributed by atoms with Crippen LogP contribution in [-0.4, -0.2) is 42.4 Å². The summed E-state index contributed by atoms with van der Waals surface area (Å²) in [7, 11) is 0. The number of hydrogen-bond donors (Lipinski definition) is 2. The molecule has 1 saturated heterocycles. The molecule has 1 aliphatic heterocycles. The van der Waals surface area contributed by atoms with Crippen LogP contribution in [0.4, 0.5) is 5.69 Å². The summed E-state index contributed by atoms with van der Waals surface area (Å²) in [4.78, 5) is 25.7. The minimum atomic E-state index is 0.0136. The summed E-state index contributed by atoms with van der Waals surface area (Å²) in [6.07, 6.45) is 3.30. The van der Waals surface area contributed by atoms with Crippen LogP contribution in [0.25, 0.3) is 0 Å². The quantitative estimate of drug-likeness (QED) is 0.845. The summed E-state index contributed by atoms with van der Waals surface area (Å²) >= 11 is 0. The predicted octanol–water partition coefficient (Wildman–Crippen LogP) is 2.01. The Balaban J connectivity index is 1.68. The molecule has 0 aliphatic carbocycles. The first-order valence-corrected chi connectivity index (χ1v) is 8.04. The van der Waals surface area contributed by atoms with E-state index in [0.29, 0.717) is 13.0 Å². The molecule has 22 heavy (non-hydrogen) atoms. The minimum absolute atomic E-state index is 0.0136. The van der Waals surface area contributed by atoms with Crippen molar-refractivity contribution in [3.05, 3.63) is 30.3 Å². The number of nitrogens with one attached hydrogen (secondary N) is 2. The first-order valence-electron chi connectivity index (χ1n) is 8.04. The maximum Gasteiger partial charge on any atom is 0.238 e. The van der Waals surface area contributed by atoms with E-state index in [1.165, 1.54) is 0 Å². The van der Waals surface area contributed by atoms with Crippen molar-refractivity contribution < 1.29 is 9.59 Å². The molecule has 0 radical (unpaired) electrons. The lowest BCUT2D eigenvalue weighted by molar-refractivity contribution is -0.122. The number of anilines is 1. The molecule has 0 bridgehead atoms. The highest BCUT2D eigenvalue weighted by Crippen LogP contribution is 2.11. The topological polar surface area (TPSA) is 61.4 Å². The van der Waals surface area contributed by atoms with Gasteiger partial charge in [0.25, 0.3) is 0 Å². The number of para-hydroxylation sites is 1. The van der Waals surface area contributed by atoms with E-state index >= 15 is 0 Å². The van der Waals surface area contributed by atoms with Crippen molar-refractivity contribution in [2.24, 2.45) is 0 Å². The van der Waals surface area contributed by atoms with E-state index in [1.807, 2.05) is 37.3 Å². The zero-order valence-corrected chi connectivity index (χ0v) is 13.2. The number of benzene rings is 1. The van der Waals surface area contributed by atoms with Gasteiger partial charge in [0, 0.05) is 31.2 Å². The van der Waals surface area contributed by atoms with Crippen molar-refractivity contribution in [3.8, 4) is 0 Å². The van der Waals surface area contributed by atoms with Gasteiger partial charge in [-0.3, -0.25) is 14.5 Å². The van der Waals surface area contributed by atoms with Crippen LogP contribution in [0.15, 0.2) is 30.3 Å². The molecule has 120 valence electrons. The highest BCUT2D eigenvalue weighted by Gasteiger charge is 2.21. The predicted molar refractivity (Wildman–Crippen MR) is 87.6 cm³/mol. The molecule has 0 atom stereocenters. The molecule has 1 heterocycles. The fourth-order valence-corrected chi connectivity index (χ4v) is 2.69. The first-order chi connectivity index (χ1) is 10.7. The smallest absolute Gasteiger partial charge is 0.238 e. The number of piperidine rings is 1. The number of amides is 2. The Kier molecular flexibility index (Phi) is 6.40. The van der Waals surface area contributed by atoms with Gasteiger partial charge in [0.2, 0.25) is 11.8 Å². The molecular weight excluding hydrogens is 278 g/mol. The SMILES string of the molecule is CCCC(=O)NC1CCN(CC(=O)Nc2ccccc2)CC1. The molecule has 5 nitrogen and oxygen atoms in total. The Bertz CT molecular complexity index is 482. The maximum absolute atomic E-state index is 12.0. The molecule has 1 aromatic carbocycles. The van der Waals surface area contributed by atoms with Gasteiger partial charge in [-0.1, -0.05) is 25.1 Å². The van der Waals surface area contributed by atoms with Crippen LogP contribution < -0.4 is 10.6 Å². The molecule has 2 amide bonds. The van der Waals surface area contributed by atoms with Crippen LogP contribution >= 0.6 is 0 Å². The number of hydrogen-bond acceptors (Lipinski definition) is 3. The van der Waals surface area contributed by atoms with Gasteiger partial charge in [-0.15, -0.1) is 0 Å². The van der Waals surface area contributed by atoms with Crippen molar-refractivity contribution in [3.63, 3.8) is 0 Å². The third kappa shape index (κ3) is 5.48. The zero-order chi connectivity index (χ0) is 15.8. The summed E-state index contributed by atoms with van der Waals surface area (Å²) in [6.45, 7) is 4.11. The van der Waals surface area contributed by atoms with Crippen molar-refractivity contribution in [2.75, 3.05) is 25.0 Å². The maximum atomic E-state index is 12.0. The van der Waals surface area contributed by atoms with Crippen molar-refractivity contribution >= 4 is 17.5 Å². The Morgan fingerprint density at radius 1 is 1.14 bits per heavy atom. The molecule has 0 unspecified atom stereocenters. The fraction of sp³-hybridized carbons (Fsp3) is 0.529.